The monoisotopic (exact) mass is 202 g/mol. The summed E-state index contributed by atoms with van der Waals surface area (Å²) < 4.78 is 5.19. The minimum Gasteiger partial charge on any atom is -0.367 e. The quantitative estimate of drug-likeness (QED) is 0.637. The molecule has 4 heteroatoms. The molecule has 1 amide bonds. The fourth-order valence-corrected chi connectivity index (χ4v) is 1.19. The summed E-state index contributed by atoms with van der Waals surface area (Å²) in [4.78, 5) is 11.5. The van der Waals surface area contributed by atoms with Crippen LogP contribution in [0.1, 0.15) is 33.6 Å². The van der Waals surface area contributed by atoms with Crippen molar-refractivity contribution >= 4 is 5.91 Å². The first-order chi connectivity index (χ1) is 6.61. The van der Waals surface area contributed by atoms with Crippen molar-refractivity contribution in [2.75, 3.05) is 13.2 Å². The largest absolute Gasteiger partial charge is 0.367 e. The standard InChI is InChI=1S/C10H22N2O2/c1-4-5-8(2)12-10(13)9(3)14-7-6-11/h8-9H,4-7,11H2,1-3H3,(H,12,13). The summed E-state index contributed by atoms with van der Waals surface area (Å²) in [6.07, 6.45) is 1.66. The minimum atomic E-state index is -0.405. The average Bonchev–Trinajstić information content (AvgIpc) is 2.14. The molecule has 0 fully saturated rings. The van der Waals surface area contributed by atoms with E-state index in [9.17, 15) is 4.79 Å². The van der Waals surface area contributed by atoms with Crippen molar-refractivity contribution in [3.8, 4) is 0 Å². The van der Waals surface area contributed by atoms with Gasteiger partial charge in [-0.1, -0.05) is 13.3 Å². The molecule has 0 heterocycles. The van der Waals surface area contributed by atoms with Gasteiger partial charge in [0, 0.05) is 12.6 Å². The van der Waals surface area contributed by atoms with Gasteiger partial charge < -0.3 is 15.8 Å². The zero-order chi connectivity index (χ0) is 11.0. The lowest BCUT2D eigenvalue weighted by atomic mass is 10.2. The van der Waals surface area contributed by atoms with E-state index in [0.717, 1.165) is 12.8 Å². The number of amides is 1. The lowest BCUT2D eigenvalue weighted by molar-refractivity contribution is -0.132. The first kappa shape index (κ1) is 13.4. The van der Waals surface area contributed by atoms with Crippen LogP contribution in [0.4, 0.5) is 0 Å². The van der Waals surface area contributed by atoms with Crippen molar-refractivity contribution < 1.29 is 9.53 Å². The maximum atomic E-state index is 11.5. The van der Waals surface area contributed by atoms with Crippen LogP contribution in [0, 0.1) is 0 Å². The Labute approximate surface area is 86.2 Å². The van der Waals surface area contributed by atoms with Crippen molar-refractivity contribution in [3.63, 3.8) is 0 Å². The van der Waals surface area contributed by atoms with Crippen molar-refractivity contribution in [1.82, 2.24) is 5.32 Å². The second-order valence-corrected chi connectivity index (χ2v) is 3.50. The molecule has 3 N–H and O–H groups in total. The summed E-state index contributed by atoms with van der Waals surface area (Å²) in [5.74, 6) is -0.0561. The average molecular weight is 202 g/mol. The minimum absolute atomic E-state index is 0.0561. The molecule has 0 aliphatic heterocycles. The smallest absolute Gasteiger partial charge is 0.249 e. The van der Waals surface area contributed by atoms with E-state index in [4.69, 9.17) is 10.5 Å². The summed E-state index contributed by atoms with van der Waals surface area (Å²) in [5.41, 5.74) is 5.27. The number of carbonyl (C=O) groups is 1. The van der Waals surface area contributed by atoms with Crippen molar-refractivity contribution in [2.45, 2.75) is 45.8 Å². The Morgan fingerprint density at radius 3 is 2.64 bits per heavy atom. The lowest BCUT2D eigenvalue weighted by Crippen LogP contribution is -2.40. The third-order valence-electron chi connectivity index (χ3n) is 1.97. The third-order valence-corrected chi connectivity index (χ3v) is 1.97. The molecule has 4 nitrogen and oxygen atoms in total. The predicted molar refractivity (Wildman–Crippen MR) is 57.0 cm³/mol. The maximum absolute atomic E-state index is 11.5. The number of nitrogens with two attached hydrogens (primary N) is 1. The number of hydrogen-bond donors (Lipinski definition) is 2. The predicted octanol–water partition coefficient (Wildman–Crippen LogP) is 0.655. The molecule has 2 unspecified atom stereocenters. The van der Waals surface area contributed by atoms with Crippen LogP contribution in [0.3, 0.4) is 0 Å². The van der Waals surface area contributed by atoms with E-state index in [-0.39, 0.29) is 11.9 Å². The molecule has 0 radical (unpaired) electrons. The van der Waals surface area contributed by atoms with E-state index in [0.29, 0.717) is 13.2 Å². The molecule has 2 atom stereocenters. The van der Waals surface area contributed by atoms with Gasteiger partial charge in [0.25, 0.3) is 0 Å². The van der Waals surface area contributed by atoms with Crippen molar-refractivity contribution in [3.05, 3.63) is 0 Å². The molecule has 0 spiro atoms. The molecule has 84 valence electrons. The van der Waals surface area contributed by atoms with E-state index in [2.05, 4.69) is 12.2 Å². The fraction of sp³-hybridized carbons (Fsp3) is 0.900. The third kappa shape index (κ3) is 5.94. The number of carbonyl (C=O) groups excluding carboxylic acids is 1. The Bertz CT molecular complexity index is 162. The van der Waals surface area contributed by atoms with Gasteiger partial charge in [0.1, 0.15) is 6.10 Å². The normalized spacial score (nSPS) is 14.9. The Balaban J connectivity index is 3.71. The van der Waals surface area contributed by atoms with Crippen LogP contribution in [-0.2, 0) is 9.53 Å². The highest BCUT2D eigenvalue weighted by atomic mass is 16.5. The van der Waals surface area contributed by atoms with Crippen LogP contribution < -0.4 is 11.1 Å². The Kier molecular flexibility index (Phi) is 7.42. The topological polar surface area (TPSA) is 64.3 Å². The lowest BCUT2D eigenvalue weighted by Gasteiger charge is -2.17. The van der Waals surface area contributed by atoms with E-state index < -0.39 is 6.10 Å². The van der Waals surface area contributed by atoms with Crippen LogP contribution in [-0.4, -0.2) is 31.2 Å². The molecule has 0 aromatic carbocycles. The first-order valence-corrected chi connectivity index (χ1v) is 5.23. The zero-order valence-electron chi connectivity index (χ0n) is 9.38. The van der Waals surface area contributed by atoms with Crippen LogP contribution in [0.15, 0.2) is 0 Å². The van der Waals surface area contributed by atoms with Crippen LogP contribution >= 0.6 is 0 Å². The highest BCUT2D eigenvalue weighted by molar-refractivity contribution is 5.80. The van der Waals surface area contributed by atoms with Gasteiger partial charge in [-0.15, -0.1) is 0 Å². The molecule has 0 rings (SSSR count). The molecule has 0 aliphatic rings. The Morgan fingerprint density at radius 1 is 1.50 bits per heavy atom. The molecular weight excluding hydrogens is 180 g/mol. The molecule has 0 bridgehead atoms. The SMILES string of the molecule is CCCC(C)NC(=O)C(C)OCCN. The van der Waals surface area contributed by atoms with Gasteiger partial charge in [-0.25, -0.2) is 0 Å². The molecule has 14 heavy (non-hydrogen) atoms. The molecule has 0 saturated heterocycles. The Morgan fingerprint density at radius 2 is 2.14 bits per heavy atom. The van der Waals surface area contributed by atoms with Crippen LogP contribution in [0.25, 0.3) is 0 Å². The van der Waals surface area contributed by atoms with Gasteiger partial charge in [0.15, 0.2) is 0 Å². The van der Waals surface area contributed by atoms with Gasteiger partial charge in [0.05, 0.1) is 6.61 Å². The highest BCUT2D eigenvalue weighted by Gasteiger charge is 2.14. The van der Waals surface area contributed by atoms with Gasteiger partial charge in [-0.05, 0) is 20.3 Å². The van der Waals surface area contributed by atoms with E-state index in [1.165, 1.54) is 0 Å². The highest BCUT2D eigenvalue weighted by Crippen LogP contribution is 1.97. The summed E-state index contributed by atoms with van der Waals surface area (Å²) in [6.45, 7) is 6.70. The summed E-state index contributed by atoms with van der Waals surface area (Å²) >= 11 is 0. The van der Waals surface area contributed by atoms with E-state index in [1.807, 2.05) is 6.92 Å². The number of nitrogens with one attached hydrogen (secondary N) is 1. The van der Waals surface area contributed by atoms with Crippen LogP contribution in [0.5, 0.6) is 0 Å². The van der Waals surface area contributed by atoms with Gasteiger partial charge in [-0.2, -0.15) is 0 Å². The second kappa shape index (κ2) is 7.76. The first-order valence-electron chi connectivity index (χ1n) is 5.23. The molecule has 0 saturated carbocycles. The van der Waals surface area contributed by atoms with Gasteiger partial charge in [0.2, 0.25) is 5.91 Å². The Hall–Kier alpha value is -0.610. The van der Waals surface area contributed by atoms with Crippen molar-refractivity contribution in [2.24, 2.45) is 5.73 Å². The van der Waals surface area contributed by atoms with Crippen molar-refractivity contribution in [1.29, 1.82) is 0 Å². The number of hydrogen-bond acceptors (Lipinski definition) is 3. The zero-order valence-corrected chi connectivity index (χ0v) is 9.38. The number of ether oxygens (including phenoxy) is 1. The second-order valence-electron chi connectivity index (χ2n) is 3.50. The fourth-order valence-electron chi connectivity index (χ4n) is 1.19. The van der Waals surface area contributed by atoms with E-state index >= 15 is 0 Å². The summed E-state index contributed by atoms with van der Waals surface area (Å²) in [6, 6.07) is 0.219. The molecule has 0 aromatic heterocycles. The van der Waals surface area contributed by atoms with Crippen LogP contribution in [0.2, 0.25) is 0 Å². The summed E-state index contributed by atoms with van der Waals surface area (Å²) in [5, 5.41) is 2.88. The maximum Gasteiger partial charge on any atom is 0.249 e. The molecule has 0 aliphatic carbocycles. The van der Waals surface area contributed by atoms with E-state index in [1.54, 1.807) is 6.92 Å². The molecular formula is C10H22N2O2. The number of rotatable bonds is 7. The molecule has 0 aromatic rings. The van der Waals surface area contributed by atoms with Gasteiger partial charge >= 0.3 is 0 Å². The van der Waals surface area contributed by atoms with Gasteiger partial charge in [-0.3, -0.25) is 4.79 Å². The summed E-state index contributed by atoms with van der Waals surface area (Å²) in [7, 11) is 0.